The lowest BCUT2D eigenvalue weighted by Gasteiger charge is -2.02. The third kappa shape index (κ3) is 3.07. The Morgan fingerprint density at radius 1 is 1.29 bits per heavy atom. The van der Waals surface area contributed by atoms with Crippen LogP contribution in [-0.2, 0) is 11.3 Å². The molecule has 0 unspecified atom stereocenters. The fourth-order valence-electron chi connectivity index (χ4n) is 2.95. The maximum atomic E-state index is 12.6. The van der Waals surface area contributed by atoms with Crippen LogP contribution in [0.3, 0.4) is 0 Å². The molecule has 1 N–H and O–H groups in total. The number of aromatic nitrogens is 3. The number of esters is 1. The molecule has 142 valence electrons. The Hall–Kier alpha value is -3.39. The molecule has 0 bridgehead atoms. The van der Waals surface area contributed by atoms with E-state index in [4.69, 9.17) is 20.8 Å². The lowest BCUT2D eigenvalue weighted by atomic mass is 10.1. The van der Waals surface area contributed by atoms with E-state index in [1.54, 1.807) is 28.9 Å². The number of fused-ring (bicyclic) bond motifs is 2. The number of nitrogens with one attached hydrogen (secondary N) is 1. The van der Waals surface area contributed by atoms with Crippen LogP contribution in [0.4, 0.5) is 0 Å². The van der Waals surface area contributed by atoms with Crippen molar-refractivity contribution < 1.29 is 18.7 Å². The topological polar surface area (TPSA) is 98.7 Å². The summed E-state index contributed by atoms with van der Waals surface area (Å²) in [5.41, 5.74) is 2.28. The number of ether oxygens (including phenoxy) is 1. The van der Waals surface area contributed by atoms with Gasteiger partial charge in [-0.3, -0.25) is 4.79 Å². The van der Waals surface area contributed by atoms with Gasteiger partial charge in [0, 0.05) is 22.3 Å². The average molecular weight is 399 g/mol. The molecule has 0 saturated heterocycles. The Morgan fingerprint density at radius 2 is 2.11 bits per heavy atom. The number of carbonyl (C=O) groups excluding carboxylic acids is 2. The Balaban J connectivity index is 1.59. The monoisotopic (exact) mass is 398 g/mol. The van der Waals surface area contributed by atoms with Crippen molar-refractivity contribution in [1.82, 2.24) is 19.9 Å². The fraction of sp³-hybridized carbons (Fsp3) is 0.158. The summed E-state index contributed by atoms with van der Waals surface area (Å²) in [5, 5.41) is 7.99. The predicted octanol–water partition coefficient (Wildman–Crippen LogP) is 3.15. The van der Waals surface area contributed by atoms with Gasteiger partial charge in [-0.05, 0) is 31.2 Å². The summed E-state index contributed by atoms with van der Waals surface area (Å²) in [6, 6.07) is 6.68. The standard InChI is InChI=1S/C19H15ClN4O4/c1-10-3-4-21-17-15(9-23-24(10)17)18(25)22-8-13-6-11-5-12(20)7-14(16(11)28-13)19(26)27-2/h3-7,9H,8H2,1-2H3,(H,22,25). The number of rotatable bonds is 4. The molecule has 4 aromatic rings. The quantitative estimate of drug-likeness (QED) is 0.530. The van der Waals surface area contributed by atoms with Crippen LogP contribution in [-0.4, -0.2) is 33.6 Å². The van der Waals surface area contributed by atoms with E-state index in [1.807, 2.05) is 6.92 Å². The van der Waals surface area contributed by atoms with Gasteiger partial charge >= 0.3 is 5.97 Å². The number of methoxy groups -OCH3 is 1. The Labute approximate surface area is 164 Å². The van der Waals surface area contributed by atoms with Gasteiger partial charge in [0.05, 0.1) is 19.9 Å². The molecule has 0 aliphatic rings. The lowest BCUT2D eigenvalue weighted by molar-refractivity contribution is 0.0601. The molecule has 1 aromatic carbocycles. The van der Waals surface area contributed by atoms with Crippen molar-refractivity contribution >= 4 is 40.1 Å². The summed E-state index contributed by atoms with van der Waals surface area (Å²) in [6.45, 7) is 2.00. The van der Waals surface area contributed by atoms with Gasteiger partial charge in [0.2, 0.25) is 0 Å². The van der Waals surface area contributed by atoms with E-state index in [0.29, 0.717) is 33.0 Å². The molecule has 0 aliphatic heterocycles. The first-order valence-corrected chi connectivity index (χ1v) is 8.73. The zero-order valence-electron chi connectivity index (χ0n) is 15.0. The predicted molar refractivity (Wildman–Crippen MR) is 101 cm³/mol. The zero-order chi connectivity index (χ0) is 19.8. The highest BCUT2D eigenvalue weighted by atomic mass is 35.5. The maximum Gasteiger partial charge on any atom is 0.341 e. The minimum atomic E-state index is -0.551. The van der Waals surface area contributed by atoms with Gasteiger partial charge in [-0.15, -0.1) is 0 Å². The molecule has 0 saturated carbocycles. The van der Waals surface area contributed by atoms with Gasteiger partial charge in [0.15, 0.2) is 5.65 Å². The van der Waals surface area contributed by atoms with Crippen molar-refractivity contribution in [2.75, 3.05) is 7.11 Å². The number of hydrogen-bond acceptors (Lipinski definition) is 6. The first kappa shape index (κ1) is 18.0. The summed E-state index contributed by atoms with van der Waals surface area (Å²) < 4.78 is 12.1. The second-order valence-electron chi connectivity index (χ2n) is 6.14. The second kappa shape index (κ2) is 6.97. The van der Waals surface area contributed by atoms with Crippen LogP contribution in [0.15, 0.2) is 41.1 Å². The molecule has 1 amide bonds. The molecule has 4 rings (SSSR count). The highest BCUT2D eigenvalue weighted by molar-refractivity contribution is 6.32. The minimum Gasteiger partial charge on any atom is -0.465 e. The largest absolute Gasteiger partial charge is 0.465 e. The third-order valence-electron chi connectivity index (χ3n) is 4.30. The van der Waals surface area contributed by atoms with Gasteiger partial charge in [-0.2, -0.15) is 5.10 Å². The number of halogens is 1. The highest BCUT2D eigenvalue weighted by Crippen LogP contribution is 2.28. The van der Waals surface area contributed by atoms with Crippen molar-refractivity contribution in [3.63, 3.8) is 0 Å². The van der Waals surface area contributed by atoms with Crippen molar-refractivity contribution in [2.24, 2.45) is 0 Å². The molecule has 0 aliphatic carbocycles. The Kier molecular flexibility index (Phi) is 4.48. The van der Waals surface area contributed by atoms with Crippen molar-refractivity contribution in [3.05, 3.63) is 64.3 Å². The van der Waals surface area contributed by atoms with Crippen LogP contribution >= 0.6 is 11.6 Å². The number of amides is 1. The molecule has 0 fully saturated rings. The van der Waals surface area contributed by atoms with Gasteiger partial charge in [-0.1, -0.05) is 11.6 Å². The van der Waals surface area contributed by atoms with Crippen LogP contribution in [0, 0.1) is 6.92 Å². The number of carbonyl (C=O) groups is 2. The van der Waals surface area contributed by atoms with Crippen molar-refractivity contribution in [2.45, 2.75) is 13.5 Å². The Bertz CT molecular complexity index is 1230. The molecular formula is C19H15ClN4O4. The number of aryl methyl sites for hydroxylation is 1. The van der Waals surface area contributed by atoms with Gasteiger partial charge in [-0.25, -0.2) is 14.3 Å². The van der Waals surface area contributed by atoms with Crippen LogP contribution < -0.4 is 5.32 Å². The molecule has 0 radical (unpaired) electrons. The highest BCUT2D eigenvalue weighted by Gasteiger charge is 2.18. The fourth-order valence-corrected chi connectivity index (χ4v) is 3.18. The number of benzene rings is 1. The van der Waals surface area contributed by atoms with E-state index < -0.39 is 5.97 Å². The second-order valence-corrected chi connectivity index (χ2v) is 6.57. The molecule has 3 heterocycles. The minimum absolute atomic E-state index is 0.120. The number of hydrogen-bond donors (Lipinski definition) is 1. The molecule has 0 atom stereocenters. The van der Waals surface area contributed by atoms with Crippen molar-refractivity contribution in [3.8, 4) is 0 Å². The van der Waals surface area contributed by atoms with E-state index in [0.717, 1.165) is 5.69 Å². The van der Waals surface area contributed by atoms with E-state index >= 15 is 0 Å². The number of furan rings is 1. The van der Waals surface area contributed by atoms with E-state index in [-0.39, 0.29) is 18.0 Å². The van der Waals surface area contributed by atoms with Crippen LogP contribution in [0.1, 0.15) is 32.2 Å². The molecule has 3 aromatic heterocycles. The molecule has 9 heteroatoms. The summed E-state index contributed by atoms with van der Waals surface area (Å²) in [5.74, 6) is -0.415. The van der Waals surface area contributed by atoms with Crippen LogP contribution in [0.25, 0.3) is 16.6 Å². The first-order chi connectivity index (χ1) is 13.5. The van der Waals surface area contributed by atoms with E-state index in [9.17, 15) is 9.59 Å². The van der Waals surface area contributed by atoms with Gasteiger partial charge < -0.3 is 14.5 Å². The normalized spacial score (nSPS) is 11.1. The zero-order valence-corrected chi connectivity index (χ0v) is 15.8. The first-order valence-electron chi connectivity index (χ1n) is 8.35. The average Bonchev–Trinajstić information content (AvgIpc) is 3.29. The Morgan fingerprint density at radius 3 is 2.89 bits per heavy atom. The van der Waals surface area contributed by atoms with E-state index in [2.05, 4.69) is 15.4 Å². The van der Waals surface area contributed by atoms with Crippen LogP contribution in [0.2, 0.25) is 5.02 Å². The van der Waals surface area contributed by atoms with E-state index in [1.165, 1.54) is 19.4 Å². The summed E-state index contributed by atoms with van der Waals surface area (Å²) in [6.07, 6.45) is 3.10. The molecular weight excluding hydrogens is 384 g/mol. The molecule has 0 spiro atoms. The summed E-state index contributed by atoms with van der Waals surface area (Å²) >= 11 is 6.06. The van der Waals surface area contributed by atoms with Crippen LogP contribution in [0.5, 0.6) is 0 Å². The molecule has 8 nitrogen and oxygen atoms in total. The SMILES string of the molecule is COC(=O)c1cc(Cl)cc2cc(CNC(=O)c3cnn4c(C)ccnc34)oc12. The van der Waals surface area contributed by atoms with Gasteiger partial charge in [0.25, 0.3) is 5.91 Å². The summed E-state index contributed by atoms with van der Waals surface area (Å²) in [4.78, 5) is 28.7. The maximum absolute atomic E-state index is 12.6. The lowest BCUT2D eigenvalue weighted by Crippen LogP contribution is -2.22. The number of nitrogens with zero attached hydrogens (tertiary/aromatic N) is 3. The molecule has 28 heavy (non-hydrogen) atoms. The summed E-state index contributed by atoms with van der Waals surface area (Å²) in [7, 11) is 1.28. The van der Waals surface area contributed by atoms with Crippen molar-refractivity contribution in [1.29, 1.82) is 0 Å². The van der Waals surface area contributed by atoms with Gasteiger partial charge in [0.1, 0.15) is 22.5 Å². The smallest absolute Gasteiger partial charge is 0.341 e. The third-order valence-corrected chi connectivity index (χ3v) is 4.51.